The van der Waals surface area contributed by atoms with Gasteiger partial charge < -0.3 is 10.2 Å². The van der Waals surface area contributed by atoms with Crippen LogP contribution in [0, 0.1) is 0 Å². The van der Waals surface area contributed by atoms with Crippen LogP contribution >= 0.6 is 11.3 Å². The van der Waals surface area contributed by atoms with Gasteiger partial charge in [-0.15, -0.1) is 11.3 Å². The number of fused-ring (bicyclic) bond motifs is 2. The summed E-state index contributed by atoms with van der Waals surface area (Å²) in [6.07, 6.45) is 3.56. The standard InChI is InChI=1S/C24H30N8O2S.O2S/c1-31-9-11-32(12-10-31)15-16-13-20-22(35-16)24(25-8-3-2-7-21(33)30-34)28-23(27-20)17-5-4-6-19-18(17)14-26-29-19;1-3-2/h4-6,13-14,34H,2-3,7-12,15H2,1H3,(H,26,29)(H,30,33)(H,25,27,28);. The van der Waals surface area contributed by atoms with Gasteiger partial charge in [-0.1, -0.05) is 12.1 Å². The molecule has 1 saturated heterocycles. The van der Waals surface area contributed by atoms with Crippen LogP contribution in [-0.4, -0.2) is 89.3 Å². The highest BCUT2D eigenvalue weighted by molar-refractivity contribution is 7.51. The van der Waals surface area contributed by atoms with Crippen LogP contribution in [0.3, 0.4) is 0 Å². The fourth-order valence-corrected chi connectivity index (χ4v) is 5.46. The van der Waals surface area contributed by atoms with Crippen LogP contribution in [-0.2, 0) is 22.9 Å². The lowest BCUT2D eigenvalue weighted by atomic mass is 10.1. The number of nitrogens with zero attached hydrogens (tertiary/aromatic N) is 5. The third-order valence-corrected chi connectivity index (χ3v) is 7.49. The zero-order valence-electron chi connectivity index (χ0n) is 21.0. The second kappa shape index (κ2) is 13.5. The van der Waals surface area contributed by atoms with Crippen LogP contribution in [0.5, 0.6) is 0 Å². The zero-order valence-corrected chi connectivity index (χ0v) is 22.6. The van der Waals surface area contributed by atoms with E-state index in [0.717, 1.165) is 71.6 Å². The molecule has 0 atom stereocenters. The smallest absolute Gasteiger partial charge is 0.335 e. The van der Waals surface area contributed by atoms with E-state index in [1.165, 1.54) is 4.88 Å². The van der Waals surface area contributed by atoms with Crippen molar-refractivity contribution in [1.29, 1.82) is 0 Å². The normalized spacial score (nSPS) is 14.3. The fourth-order valence-electron chi connectivity index (χ4n) is 4.36. The van der Waals surface area contributed by atoms with Gasteiger partial charge in [-0.05, 0) is 32.0 Å². The van der Waals surface area contributed by atoms with E-state index >= 15 is 0 Å². The molecule has 5 rings (SSSR count). The van der Waals surface area contributed by atoms with E-state index in [2.05, 4.69) is 38.4 Å². The predicted molar refractivity (Wildman–Crippen MR) is 146 cm³/mol. The number of nitrogens with one attached hydrogen (secondary N) is 3. The van der Waals surface area contributed by atoms with Crippen molar-refractivity contribution in [3.8, 4) is 11.4 Å². The Labute approximate surface area is 227 Å². The minimum absolute atomic E-state index is 0.291. The number of H-pyrrole nitrogens is 1. The second-order valence-electron chi connectivity index (χ2n) is 9.03. The number of carbonyl (C=O) groups excluding carboxylic acids is 1. The maximum absolute atomic E-state index is 11.3. The number of hydroxylamine groups is 1. The topological polar surface area (TPSA) is 156 Å². The number of rotatable bonds is 9. The number of carbonyl (C=O) groups is 1. The molecule has 14 heteroatoms. The van der Waals surface area contributed by atoms with Crippen LogP contribution in [0.25, 0.3) is 32.5 Å². The monoisotopic (exact) mass is 558 g/mol. The lowest BCUT2D eigenvalue weighted by molar-refractivity contribution is -0.129. The van der Waals surface area contributed by atoms with Gasteiger partial charge in [0, 0.05) is 61.5 Å². The largest absolute Gasteiger partial charge is 0.369 e. The van der Waals surface area contributed by atoms with Gasteiger partial charge in [-0.3, -0.25) is 20.0 Å². The maximum atomic E-state index is 11.3. The number of piperazine rings is 1. The summed E-state index contributed by atoms with van der Waals surface area (Å²) in [5.74, 6) is 1.11. The van der Waals surface area contributed by atoms with Gasteiger partial charge in [-0.2, -0.15) is 13.5 Å². The van der Waals surface area contributed by atoms with E-state index in [0.29, 0.717) is 25.2 Å². The van der Waals surface area contributed by atoms with Gasteiger partial charge in [0.15, 0.2) is 5.82 Å². The molecule has 38 heavy (non-hydrogen) atoms. The number of aromatic amines is 1. The van der Waals surface area contributed by atoms with Crippen molar-refractivity contribution >= 4 is 55.8 Å². The molecule has 0 radical (unpaired) electrons. The van der Waals surface area contributed by atoms with Crippen LogP contribution in [0.15, 0.2) is 30.5 Å². The Balaban J connectivity index is 0.00000107. The highest BCUT2D eigenvalue weighted by atomic mass is 32.1. The number of benzene rings is 1. The van der Waals surface area contributed by atoms with Crippen molar-refractivity contribution < 1.29 is 18.4 Å². The Morgan fingerprint density at radius 3 is 2.74 bits per heavy atom. The molecule has 202 valence electrons. The number of hydrogen-bond donors (Lipinski definition) is 4. The highest BCUT2D eigenvalue weighted by Crippen LogP contribution is 2.34. The Hall–Kier alpha value is -3.30. The first-order chi connectivity index (χ1) is 18.5. The number of thiophene rings is 1. The van der Waals surface area contributed by atoms with Crippen LogP contribution in [0.1, 0.15) is 24.1 Å². The number of amides is 1. The van der Waals surface area contributed by atoms with Crippen LogP contribution < -0.4 is 10.8 Å². The number of likely N-dealkylation sites (N-methyl/N-ethyl adjacent to an activating group) is 1. The van der Waals surface area contributed by atoms with E-state index in [4.69, 9.17) is 23.6 Å². The first kappa shape index (κ1) is 27.7. The molecule has 4 N–H and O–H groups in total. The molecule has 4 heterocycles. The molecule has 1 amide bonds. The van der Waals surface area contributed by atoms with Gasteiger partial charge in [0.25, 0.3) is 0 Å². The molecular weight excluding hydrogens is 528 g/mol. The van der Waals surface area contributed by atoms with Gasteiger partial charge in [0.2, 0.25) is 5.91 Å². The quantitative estimate of drug-likeness (QED) is 0.137. The first-order valence-corrected chi connectivity index (χ1v) is 13.7. The van der Waals surface area contributed by atoms with E-state index in [1.54, 1.807) is 16.8 Å². The van der Waals surface area contributed by atoms with E-state index < -0.39 is 11.6 Å². The lowest BCUT2D eigenvalue weighted by Crippen LogP contribution is -2.43. The molecule has 0 saturated carbocycles. The van der Waals surface area contributed by atoms with Crippen LogP contribution in [0.4, 0.5) is 5.82 Å². The molecule has 4 aromatic rings. The average Bonchev–Trinajstić information content (AvgIpc) is 3.56. The van der Waals surface area contributed by atoms with Crippen molar-refractivity contribution in [2.24, 2.45) is 0 Å². The Morgan fingerprint density at radius 2 is 1.97 bits per heavy atom. The SMILES string of the molecule is CN1CCN(Cc2cc3nc(-c4cccc5[nH]ncc45)nc(NCCCCC(=O)NO)c3s2)CC1.O=S=O. The molecule has 12 nitrogen and oxygen atoms in total. The maximum Gasteiger partial charge on any atom is 0.335 e. The second-order valence-corrected chi connectivity index (χ2v) is 10.3. The van der Waals surface area contributed by atoms with Crippen LogP contribution in [0.2, 0.25) is 0 Å². The van der Waals surface area contributed by atoms with E-state index in [-0.39, 0.29) is 5.91 Å². The third-order valence-electron chi connectivity index (χ3n) is 6.37. The van der Waals surface area contributed by atoms with Gasteiger partial charge in [0.1, 0.15) is 5.82 Å². The summed E-state index contributed by atoms with van der Waals surface area (Å²) in [5, 5.41) is 20.3. The molecule has 1 fully saturated rings. The molecule has 3 aromatic heterocycles. The van der Waals surface area contributed by atoms with Crippen molar-refractivity contribution in [2.45, 2.75) is 25.8 Å². The summed E-state index contributed by atoms with van der Waals surface area (Å²) in [6.45, 7) is 5.89. The molecule has 1 aliphatic heterocycles. The molecule has 1 aromatic carbocycles. The molecular formula is C24H30N8O4S2. The molecule has 0 unspecified atom stereocenters. The van der Waals surface area contributed by atoms with E-state index in [9.17, 15) is 4.79 Å². The number of aromatic nitrogens is 4. The van der Waals surface area contributed by atoms with Crippen molar-refractivity contribution in [3.63, 3.8) is 0 Å². The van der Waals surface area contributed by atoms with Crippen molar-refractivity contribution in [3.05, 3.63) is 35.3 Å². The summed E-state index contributed by atoms with van der Waals surface area (Å²) in [6, 6.07) is 8.18. The summed E-state index contributed by atoms with van der Waals surface area (Å²) < 4.78 is 17.6. The predicted octanol–water partition coefficient (Wildman–Crippen LogP) is 2.40. The van der Waals surface area contributed by atoms with Crippen molar-refractivity contribution in [1.82, 2.24) is 35.4 Å². The lowest BCUT2D eigenvalue weighted by Gasteiger charge is -2.31. The van der Waals surface area contributed by atoms with Gasteiger partial charge >= 0.3 is 11.6 Å². The van der Waals surface area contributed by atoms with Crippen molar-refractivity contribution in [2.75, 3.05) is 45.1 Å². The van der Waals surface area contributed by atoms with Gasteiger partial charge in [0.05, 0.1) is 21.9 Å². The zero-order chi connectivity index (χ0) is 26.9. The van der Waals surface area contributed by atoms with Gasteiger partial charge in [-0.25, -0.2) is 15.4 Å². The number of unbranched alkanes of at least 4 members (excludes halogenated alkanes) is 1. The fraction of sp³-hybridized carbons (Fsp3) is 0.417. The molecule has 1 aliphatic rings. The number of anilines is 1. The summed E-state index contributed by atoms with van der Waals surface area (Å²) in [7, 11) is 2.17. The first-order valence-electron chi connectivity index (χ1n) is 12.2. The molecule has 0 bridgehead atoms. The Bertz CT molecular complexity index is 1410. The minimum Gasteiger partial charge on any atom is -0.369 e. The Morgan fingerprint density at radius 1 is 1.18 bits per heavy atom. The molecule has 0 spiro atoms. The third kappa shape index (κ3) is 6.96. The minimum atomic E-state index is -0.750. The summed E-state index contributed by atoms with van der Waals surface area (Å²) >= 11 is 0.991. The van der Waals surface area contributed by atoms with E-state index in [1.807, 2.05) is 24.4 Å². The average molecular weight is 559 g/mol. The Kier molecular flexibility index (Phi) is 9.84. The molecule has 0 aliphatic carbocycles. The highest BCUT2D eigenvalue weighted by Gasteiger charge is 2.18. The summed E-state index contributed by atoms with van der Waals surface area (Å²) in [4.78, 5) is 27.3. The number of hydrogen-bond acceptors (Lipinski definition) is 11. The summed E-state index contributed by atoms with van der Waals surface area (Å²) in [5.41, 5.74) is 4.50.